The number of hydrogen-bond acceptors (Lipinski definition) is 4. The van der Waals surface area contributed by atoms with E-state index in [-0.39, 0.29) is 5.91 Å². The first kappa shape index (κ1) is 15.1. The van der Waals surface area contributed by atoms with Gasteiger partial charge in [-0.25, -0.2) is 4.98 Å². The van der Waals surface area contributed by atoms with Gasteiger partial charge in [0, 0.05) is 24.4 Å². The minimum Gasteiger partial charge on any atom is -0.338 e. The monoisotopic (exact) mass is 316 g/mol. The Morgan fingerprint density at radius 1 is 1.41 bits per heavy atom. The van der Waals surface area contributed by atoms with Crippen molar-refractivity contribution in [2.24, 2.45) is 5.92 Å². The number of likely N-dealkylation sites (tertiary alicyclic amines) is 1. The second kappa shape index (κ2) is 6.96. The van der Waals surface area contributed by atoms with Gasteiger partial charge in [-0.05, 0) is 36.5 Å². The van der Waals surface area contributed by atoms with Crippen LogP contribution in [0.3, 0.4) is 0 Å². The van der Waals surface area contributed by atoms with Gasteiger partial charge in [0.1, 0.15) is 6.33 Å². The molecule has 22 heavy (non-hydrogen) atoms. The van der Waals surface area contributed by atoms with Crippen molar-refractivity contribution < 1.29 is 4.79 Å². The van der Waals surface area contributed by atoms with Gasteiger partial charge in [0.2, 0.25) is 0 Å². The zero-order chi connectivity index (χ0) is 15.4. The van der Waals surface area contributed by atoms with Crippen molar-refractivity contribution in [3.05, 3.63) is 41.7 Å². The van der Waals surface area contributed by atoms with E-state index in [2.05, 4.69) is 22.1 Å². The maximum absolute atomic E-state index is 12.5. The minimum absolute atomic E-state index is 0.154. The summed E-state index contributed by atoms with van der Waals surface area (Å²) in [4.78, 5) is 18.6. The van der Waals surface area contributed by atoms with Crippen molar-refractivity contribution >= 4 is 17.7 Å². The number of H-pyrrole nitrogens is 1. The van der Waals surface area contributed by atoms with Crippen LogP contribution < -0.4 is 0 Å². The Bertz CT molecular complexity index is 612. The van der Waals surface area contributed by atoms with Crippen LogP contribution in [0.15, 0.2) is 35.7 Å². The molecule has 1 aromatic carbocycles. The summed E-state index contributed by atoms with van der Waals surface area (Å²) in [6.07, 6.45) is 3.84. The molecule has 6 heteroatoms. The highest BCUT2D eigenvalue weighted by Gasteiger charge is 2.21. The van der Waals surface area contributed by atoms with Crippen molar-refractivity contribution in [3.8, 4) is 0 Å². The lowest BCUT2D eigenvalue weighted by molar-refractivity contribution is 0.0683. The normalized spacial score (nSPS) is 18.4. The van der Waals surface area contributed by atoms with Gasteiger partial charge in [0.15, 0.2) is 5.16 Å². The Morgan fingerprint density at radius 3 is 2.91 bits per heavy atom. The number of hydrogen-bond donors (Lipinski definition) is 1. The predicted molar refractivity (Wildman–Crippen MR) is 86.7 cm³/mol. The third kappa shape index (κ3) is 3.68. The van der Waals surface area contributed by atoms with Crippen LogP contribution in [0.1, 0.15) is 35.7 Å². The molecule has 1 aromatic heterocycles. The van der Waals surface area contributed by atoms with E-state index >= 15 is 0 Å². The number of aromatic nitrogens is 3. The lowest BCUT2D eigenvalue weighted by Gasteiger charge is -2.31. The minimum atomic E-state index is 0.154. The zero-order valence-corrected chi connectivity index (χ0v) is 13.5. The Hall–Kier alpha value is -1.82. The SMILES string of the molecule is CC1CCCN(C(=O)c2ccc(CSc3ncn[nH]3)cc2)C1. The summed E-state index contributed by atoms with van der Waals surface area (Å²) >= 11 is 1.60. The van der Waals surface area contributed by atoms with Crippen molar-refractivity contribution in [2.75, 3.05) is 13.1 Å². The molecule has 116 valence electrons. The molecule has 0 radical (unpaired) electrons. The Labute approximate surface area is 134 Å². The fraction of sp³-hybridized carbons (Fsp3) is 0.438. The number of thioether (sulfide) groups is 1. The summed E-state index contributed by atoms with van der Waals surface area (Å²) in [5.41, 5.74) is 1.95. The summed E-state index contributed by atoms with van der Waals surface area (Å²) in [5, 5.41) is 7.46. The molecule has 0 bridgehead atoms. The first-order valence-corrected chi connectivity index (χ1v) is 8.57. The molecule has 1 aliphatic rings. The number of carbonyl (C=O) groups excluding carboxylic acids is 1. The van der Waals surface area contributed by atoms with Crippen LogP contribution in [-0.2, 0) is 5.75 Å². The predicted octanol–water partition coefficient (Wildman–Crippen LogP) is 2.97. The highest BCUT2D eigenvalue weighted by atomic mass is 32.2. The third-order valence-electron chi connectivity index (χ3n) is 3.91. The molecule has 2 aromatic rings. The fourth-order valence-corrected chi connectivity index (χ4v) is 3.45. The van der Waals surface area contributed by atoms with Crippen LogP contribution in [0.5, 0.6) is 0 Å². The summed E-state index contributed by atoms with van der Waals surface area (Å²) < 4.78 is 0. The Kier molecular flexibility index (Phi) is 4.77. The average Bonchev–Trinajstić information content (AvgIpc) is 3.06. The first-order chi connectivity index (χ1) is 10.7. The van der Waals surface area contributed by atoms with Gasteiger partial charge in [-0.2, -0.15) is 5.10 Å². The van der Waals surface area contributed by atoms with E-state index in [0.29, 0.717) is 5.92 Å². The smallest absolute Gasteiger partial charge is 0.253 e. The topological polar surface area (TPSA) is 61.9 Å². The molecule has 1 unspecified atom stereocenters. The number of piperidine rings is 1. The summed E-state index contributed by atoms with van der Waals surface area (Å²) in [7, 11) is 0. The van der Waals surface area contributed by atoms with E-state index in [1.807, 2.05) is 29.2 Å². The molecule has 5 nitrogen and oxygen atoms in total. The molecule has 1 atom stereocenters. The summed E-state index contributed by atoms with van der Waals surface area (Å²) in [6, 6.07) is 7.89. The van der Waals surface area contributed by atoms with E-state index in [4.69, 9.17) is 0 Å². The van der Waals surface area contributed by atoms with Crippen LogP contribution in [0, 0.1) is 5.92 Å². The van der Waals surface area contributed by atoms with Crippen LogP contribution in [0.25, 0.3) is 0 Å². The molecule has 3 rings (SSSR count). The highest BCUT2D eigenvalue weighted by molar-refractivity contribution is 7.98. The zero-order valence-electron chi connectivity index (χ0n) is 12.7. The summed E-state index contributed by atoms with van der Waals surface area (Å²) in [5.74, 6) is 1.57. The maximum Gasteiger partial charge on any atom is 0.253 e. The molecule has 0 aliphatic carbocycles. The third-order valence-corrected chi connectivity index (χ3v) is 4.86. The molecule has 2 heterocycles. The van der Waals surface area contributed by atoms with E-state index in [0.717, 1.165) is 36.0 Å². The van der Waals surface area contributed by atoms with Crippen molar-refractivity contribution in [1.82, 2.24) is 20.1 Å². The largest absolute Gasteiger partial charge is 0.338 e. The molecular formula is C16H20N4OS. The molecule has 1 amide bonds. The van der Waals surface area contributed by atoms with Crippen molar-refractivity contribution in [1.29, 1.82) is 0 Å². The highest BCUT2D eigenvalue weighted by Crippen LogP contribution is 2.20. The van der Waals surface area contributed by atoms with Gasteiger partial charge in [-0.15, -0.1) is 0 Å². The van der Waals surface area contributed by atoms with Gasteiger partial charge >= 0.3 is 0 Å². The van der Waals surface area contributed by atoms with E-state index in [1.165, 1.54) is 18.3 Å². The van der Waals surface area contributed by atoms with Crippen LogP contribution >= 0.6 is 11.8 Å². The van der Waals surface area contributed by atoms with E-state index < -0.39 is 0 Å². The van der Waals surface area contributed by atoms with Gasteiger partial charge in [-0.1, -0.05) is 30.8 Å². The lowest BCUT2D eigenvalue weighted by Crippen LogP contribution is -2.39. The molecular weight excluding hydrogens is 296 g/mol. The maximum atomic E-state index is 12.5. The number of aromatic amines is 1. The fourth-order valence-electron chi connectivity index (χ4n) is 2.72. The number of benzene rings is 1. The second-order valence-corrected chi connectivity index (χ2v) is 6.74. The second-order valence-electron chi connectivity index (χ2n) is 5.77. The van der Waals surface area contributed by atoms with Gasteiger partial charge < -0.3 is 4.90 Å². The molecule has 1 N–H and O–H groups in total. The average molecular weight is 316 g/mol. The van der Waals surface area contributed by atoms with Gasteiger partial charge in [-0.3, -0.25) is 9.89 Å². The van der Waals surface area contributed by atoms with Gasteiger partial charge in [0.25, 0.3) is 5.91 Å². The van der Waals surface area contributed by atoms with E-state index in [1.54, 1.807) is 11.8 Å². The Morgan fingerprint density at radius 2 is 2.23 bits per heavy atom. The standard InChI is InChI=1S/C16H20N4OS/c1-12-3-2-8-20(9-12)15(21)14-6-4-13(5-7-14)10-22-16-17-11-18-19-16/h4-7,11-12H,2-3,8-10H2,1H3,(H,17,18,19). The van der Waals surface area contributed by atoms with Crippen molar-refractivity contribution in [2.45, 2.75) is 30.7 Å². The number of carbonyl (C=O) groups is 1. The van der Waals surface area contributed by atoms with E-state index in [9.17, 15) is 4.79 Å². The molecule has 0 spiro atoms. The van der Waals surface area contributed by atoms with Gasteiger partial charge in [0.05, 0.1) is 0 Å². The quantitative estimate of drug-likeness (QED) is 0.881. The number of nitrogens with one attached hydrogen (secondary N) is 1. The van der Waals surface area contributed by atoms with Crippen molar-refractivity contribution in [3.63, 3.8) is 0 Å². The summed E-state index contributed by atoms with van der Waals surface area (Å²) in [6.45, 7) is 3.97. The first-order valence-electron chi connectivity index (χ1n) is 7.59. The van der Waals surface area contributed by atoms with Crippen LogP contribution in [0.4, 0.5) is 0 Å². The molecule has 0 saturated carbocycles. The molecule has 1 fully saturated rings. The number of rotatable bonds is 4. The number of nitrogens with zero attached hydrogens (tertiary/aromatic N) is 3. The molecule has 1 aliphatic heterocycles. The van der Waals surface area contributed by atoms with Crippen LogP contribution in [0.2, 0.25) is 0 Å². The molecule has 1 saturated heterocycles. The lowest BCUT2D eigenvalue weighted by atomic mass is 9.99. The number of amides is 1. The Balaban J connectivity index is 1.59. The van der Waals surface area contributed by atoms with Crippen LogP contribution in [-0.4, -0.2) is 39.1 Å².